The SMILES string of the molecule is CC1(C)S[C@H]2N(C(=O)[C@]2(C=S)NC(=O)COc2ccccc2)[C@H]1C(=O)OCC(Cl)(Cl)Cl. The van der Waals surface area contributed by atoms with Crippen LogP contribution < -0.4 is 10.1 Å². The van der Waals surface area contributed by atoms with Gasteiger partial charge >= 0.3 is 5.97 Å². The number of nitrogens with zero attached hydrogens (tertiary/aromatic N) is 1. The van der Waals surface area contributed by atoms with Crippen LogP contribution in [0.15, 0.2) is 30.3 Å². The number of amides is 2. The molecule has 3 rings (SSSR count). The number of β-lactam (4-membered cyclic amide) rings is 1. The Balaban J connectivity index is 1.71. The van der Waals surface area contributed by atoms with Crippen molar-refractivity contribution in [2.75, 3.05) is 13.2 Å². The molecule has 1 aromatic carbocycles. The normalized spacial score (nSPS) is 26.5. The van der Waals surface area contributed by atoms with Crippen molar-refractivity contribution in [3.05, 3.63) is 30.3 Å². The lowest BCUT2D eigenvalue weighted by Crippen LogP contribution is -2.80. The van der Waals surface area contributed by atoms with Gasteiger partial charge in [-0.3, -0.25) is 9.59 Å². The van der Waals surface area contributed by atoms with Gasteiger partial charge in [-0.05, 0) is 26.0 Å². The number of fused-ring (bicyclic) bond motifs is 1. The van der Waals surface area contributed by atoms with Gasteiger partial charge in [-0.2, -0.15) is 0 Å². The second-order valence-electron chi connectivity index (χ2n) is 7.55. The van der Waals surface area contributed by atoms with Gasteiger partial charge in [0.25, 0.3) is 11.8 Å². The van der Waals surface area contributed by atoms with E-state index in [1.165, 1.54) is 22.0 Å². The smallest absolute Gasteiger partial charge is 0.330 e. The second kappa shape index (κ2) is 8.94. The third kappa shape index (κ3) is 4.90. The maximum Gasteiger partial charge on any atom is 0.330 e. The van der Waals surface area contributed by atoms with Crippen LogP contribution in [0.3, 0.4) is 0 Å². The van der Waals surface area contributed by atoms with Crippen LogP contribution in [-0.4, -0.2) is 66.8 Å². The Bertz CT molecular complexity index is 896. The molecule has 31 heavy (non-hydrogen) atoms. The lowest BCUT2D eigenvalue weighted by molar-refractivity contribution is -0.167. The number of rotatable bonds is 7. The van der Waals surface area contributed by atoms with Crippen LogP contribution in [0.25, 0.3) is 0 Å². The fourth-order valence-corrected chi connectivity index (χ4v) is 5.68. The zero-order chi connectivity index (χ0) is 23.0. The van der Waals surface area contributed by atoms with Crippen molar-refractivity contribution in [1.29, 1.82) is 0 Å². The highest BCUT2D eigenvalue weighted by atomic mass is 35.6. The number of halogens is 3. The molecule has 1 N–H and O–H groups in total. The molecule has 0 saturated carbocycles. The van der Waals surface area contributed by atoms with Crippen molar-refractivity contribution in [3.8, 4) is 5.75 Å². The van der Waals surface area contributed by atoms with E-state index in [-0.39, 0.29) is 6.61 Å². The summed E-state index contributed by atoms with van der Waals surface area (Å²) in [5.74, 6) is -1.20. The molecule has 12 heteroatoms. The zero-order valence-electron chi connectivity index (χ0n) is 16.5. The molecule has 2 aliphatic heterocycles. The number of para-hydroxylation sites is 1. The van der Waals surface area contributed by atoms with Crippen LogP contribution in [-0.2, 0) is 19.1 Å². The molecule has 2 amide bonds. The van der Waals surface area contributed by atoms with Gasteiger partial charge in [-0.1, -0.05) is 65.2 Å². The average molecular weight is 526 g/mol. The van der Waals surface area contributed by atoms with Crippen LogP contribution in [0.5, 0.6) is 5.75 Å². The Labute approximate surface area is 204 Å². The van der Waals surface area contributed by atoms with Crippen molar-refractivity contribution in [2.24, 2.45) is 0 Å². The molecule has 2 heterocycles. The van der Waals surface area contributed by atoms with Crippen LogP contribution in [0, 0.1) is 0 Å². The standard InChI is InChI=1S/C19H19Cl3N2O5S2/c1-17(2)13(14(26)29-9-19(20,21)22)24-15(27)18(10-30,16(24)31-17)23-12(25)8-28-11-6-4-3-5-7-11/h3-7,10,13,16H,8-9H2,1-2H3,(H,23,25)/t13-,16+,18-/m0/s1. The minimum atomic E-state index is -1.77. The number of thiocarbonyl (C=S) groups is 1. The van der Waals surface area contributed by atoms with E-state index in [0.29, 0.717) is 5.75 Å². The van der Waals surface area contributed by atoms with Gasteiger partial charge in [0.2, 0.25) is 3.79 Å². The average Bonchev–Trinajstić information content (AvgIpc) is 2.97. The number of ether oxygens (including phenoxy) is 2. The number of esters is 1. The Morgan fingerprint density at radius 3 is 2.52 bits per heavy atom. The molecule has 3 atom stereocenters. The lowest BCUT2D eigenvalue weighted by Gasteiger charge is -2.51. The summed E-state index contributed by atoms with van der Waals surface area (Å²) in [5, 5.41) is 3.31. The van der Waals surface area contributed by atoms with E-state index in [0.717, 1.165) is 0 Å². The number of hydrogen-bond acceptors (Lipinski definition) is 7. The number of hydrogen-bond donors (Lipinski definition) is 1. The summed E-state index contributed by atoms with van der Waals surface area (Å²) in [6, 6.07) is 7.87. The molecule has 168 valence electrons. The first-order valence-corrected chi connectivity index (χ1v) is 11.6. The van der Waals surface area contributed by atoms with Gasteiger partial charge in [0, 0.05) is 10.1 Å². The van der Waals surface area contributed by atoms with Gasteiger partial charge < -0.3 is 19.7 Å². The quantitative estimate of drug-likeness (QED) is 0.254. The molecule has 0 unspecified atom stereocenters. The van der Waals surface area contributed by atoms with E-state index in [2.05, 4.69) is 5.32 Å². The van der Waals surface area contributed by atoms with Crippen LogP contribution in [0.1, 0.15) is 13.8 Å². The van der Waals surface area contributed by atoms with Crippen molar-refractivity contribution in [3.63, 3.8) is 0 Å². The molecule has 7 nitrogen and oxygen atoms in total. The fourth-order valence-electron chi connectivity index (χ4n) is 3.48. The number of benzene rings is 1. The third-order valence-corrected chi connectivity index (χ3v) is 7.18. The Morgan fingerprint density at radius 1 is 1.29 bits per heavy atom. The predicted octanol–water partition coefficient (Wildman–Crippen LogP) is 2.90. The number of carbonyl (C=O) groups is 3. The van der Waals surface area contributed by atoms with E-state index in [9.17, 15) is 14.4 Å². The molecule has 0 spiro atoms. The molecular weight excluding hydrogens is 507 g/mol. The third-order valence-electron chi connectivity index (χ3n) is 4.83. The molecule has 0 radical (unpaired) electrons. The number of nitrogens with one attached hydrogen (secondary N) is 1. The molecule has 2 aliphatic rings. The summed E-state index contributed by atoms with van der Waals surface area (Å²) in [6.45, 7) is 2.84. The van der Waals surface area contributed by atoms with E-state index >= 15 is 0 Å². The van der Waals surface area contributed by atoms with Crippen LogP contribution >= 0.6 is 58.8 Å². The Morgan fingerprint density at radius 2 is 1.94 bits per heavy atom. The van der Waals surface area contributed by atoms with Crippen molar-refractivity contribution in [1.82, 2.24) is 10.2 Å². The highest BCUT2D eigenvalue weighted by molar-refractivity contribution is 8.01. The minimum Gasteiger partial charge on any atom is -0.484 e. The van der Waals surface area contributed by atoms with Gasteiger partial charge in [0.05, 0.1) is 0 Å². The molecule has 0 bridgehead atoms. The summed E-state index contributed by atoms with van der Waals surface area (Å²) < 4.78 is 8.05. The molecular formula is C19H19Cl3N2O5S2. The van der Waals surface area contributed by atoms with Crippen molar-refractivity contribution < 1.29 is 23.9 Å². The van der Waals surface area contributed by atoms with Gasteiger partial charge in [0.1, 0.15) is 23.8 Å². The Kier molecular flexibility index (Phi) is 7.03. The first-order valence-electron chi connectivity index (χ1n) is 9.10. The number of carbonyl (C=O) groups excluding carboxylic acids is 3. The van der Waals surface area contributed by atoms with Gasteiger partial charge in [0.15, 0.2) is 12.1 Å². The molecule has 1 aromatic rings. The maximum absolute atomic E-state index is 13.1. The topological polar surface area (TPSA) is 84.9 Å². The fraction of sp³-hybridized carbons (Fsp3) is 0.474. The summed E-state index contributed by atoms with van der Waals surface area (Å²) in [7, 11) is 0. The first-order chi connectivity index (χ1) is 14.4. The lowest BCUT2D eigenvalue weighted by atomic mass is 9.86. The van der Waals surface area contributed by atoms with Gasteiger partial charge in [-0.25, -0.2) is 4.79 Å². The van der Waals surface area contributed by atoms with Crippen molar-refractivity contribution >= 4 is 81.9 Å². The highest BCUT2D eigenvalue weighted by Gasteiger charge is 2.71. The van der Waals surface area contributed by atoms with Crippen molar-refractivity contribution in [2.45, 2.75) is 39.3 Å². The molecule has 0 aliphatic carbocycles. The van der Waals surface area contributed by atoms with E-state index in [4.69, 9.17) is 56.5 Å². The summed E-state index contributed by atoms with van der Waals surface area (Å²) in [5.41, 5.74) is -1.43. The molecule has 0 aromatic heterocycles. The largest absolute Gasteiger partial charge is 0.484 e. The Hall–Kier alpha value is -1.26. The predicted molar refractivity (Wildman–Crippen MR) is 124 cm³/mol. The maximum atomic E-state index is 13.1. The first kappa shape index (κ1) is 24.4. The number of thioether (sulfide) groups is 1. The van der Waals surface area contributed by atoms with E-state index < -0.39 is 49.9 Å². The summed E-state index contributed by atoms with van der Waals surface area (Å²) >= 11 is 23.4. The molecule has 2 fully saturated rings. The number of alkyl halides is 3. The monoisotopic (exact) mass is 524 g/mol. The van der Waals surface area contributed by atoms with E-state index in [1.54, 1.807) is 38.1 Å². The summed E-state index contributed by atoms with van der Waals surface area (Å²) in [6.07, 6.45) is 0. The van der Waals surface area contributed by atoms with Gasteiger partial charge in [-0.15, -0.1) is 11.8 Å². The highest BCUT2D eigenvalue weighted by Crippen LogP contribution is 2.54. The van der Waals surface area contributed by atoms with Crippen LogP contribution in [0.2, 0.25) is 0 Å². The zero-order valence-corrected chi connectivity index (χ0v) is 20.4. The second-order valence-corrected chi connectivity index (χ2v) is 12.0. The molecule has 2 saturated heterocycles. The van der Waals surface area contributed by atoms with E-state index in [1.807, 2.05) is 6.07 Å². The van der Waals surface area contributed by atoms with Crippen LogP contribution in [0.4, 0.5) is 0 Å². The minimum absolute atomic E-state index is 0.294. The summed E-state index contributed by atoms with van der Waals surface area (Å²) in [4.78, 5) is 39.6.